The maximum atomic E-state index is 11.6. The van der Waals surface area contributed by atoms with E-state index in [9.17, 15) is 4.79 Å². The van der Waals surface area contributed by atoms with Crippen molar-refractivity contribution in [2.24, 2.45) is 5.92 Å². The van der Waals surface area contributed by atoms with Gasteiger partial charge in [-0.1, -0.05) is 0 Å². The Kier molecular flexibility index (Phi) is 3.86. The average molecular weight is 198 g/mol. The quantitative estimate of drug-likeness (QED) is 0.641. The molecule has 1 aliphatic heterocycles. The first-order valence-electron chi connectivity index (χ1n) is 4.60. The van der Waals surface area contributed by atoms with Crippen LogP contribution in [0, 0.1) is 17.2 Å². The number of hydrogen-bond acceptors (Lipinski definition) is 4. The highest BCUT2D eigenvalue weighted by molar-refractivity contribution is 5.80. The summed E-state index contributed by atoms with van der Waals surface area (Å²) >= 11 is 0. The molecule has 0 radical (unpaired) electrons. The van der Waals surface area contributed by atoms with Gasteiger partial charge in [0.1, 0.15) is 5.92 Å². The molecule has 1 aliphatic rings. The highest BCUT2D eigenvalue weighted by Crippen LogP contribution is 2.08. The van der Waals surface area contributed by atoms with Crippen molar-refractivity contribution >= 4 is 5.91 Å². The molecular weight excluding hydrogens is 184 g/mol. The van der Waals surface area contributed by atoms with E-state index in [0.717, 1.165) is 0 Å². The van der Waals surface area contributed by atoms with E-state index in [1.54, 1.807) is 11.8 Å². The molecule has 2 unspecified atom stereocenters. The first-order valence-corrected chi connectivity index (χ1v) is 4.60. The second-order valence-corrected chi connectivity index (χ2v) is 3.31. The largest absolute Gasteiger partial charge is 0.394 e. The molecule has 5 heteroatoms. The number of aliphatic hydroxyl groups is 1. The normalized spacial score (nSPS) is 24.1. The molecule has 0 aromatic heterocycles. The van der Waals surface area contributed by atoms with Crippen molar-refractivity contribution in [1.82, 2.24) is 4.90 Å². The van der Waals surface area contributed by atoms with Gasteiger partial charge in [-0.25, -0.2) is 0 Å². The zero-order valence-corrected chi connectivity index (χ0v) is 8.14. The Morgan fingerprint density at radius 3 is 3.14 bits per heavy atom. The topological polar surface area (TPSA) is 73.6 Å². The number of hydrogen-bond donors (Lipinski definition) is 1. The lowest BCUT2D eigenvalue weighted by atomic mass is 10.1. The smallest absolute Gasteiger partial charge is 0.239 e. The molecule has 1 heterocycles. The Morgan fingerprint density at radius 1 is 1.86 bits per heavy atom. The van der Waals surface area contributed by atoms with Crippen LogP contribution in [0.2, 0.25) is 0 Å². The molecule has 0 saturated carbocycles. The zero-order chi connectivity index (χ0) is 10.6. The van der Waals surface area contributed by atoms with Crippen LogP contribution in [-0.4, -0.2) is 48.3 Å². The third-order valence-electron chi connectivity index (χ3n) is 2.22. The maximum absolute atomic E-state index is 11.6. The number of carbonyl (C=O) groups excluding carboxylic acids is 1. The molecule has 0 bridgehead atoms. The first kappa shape index (κ1) is 11.0. The summed E-state index contributed by atoms with van der Waals surface area (Å²) in [7, 11) is 0. The zero-order valence-electron chi connectivity index (χ0n) is 8.14. The Balaban J connectivity index is 2.52. The molecule has 1 amide bonds. The molecule has 2 atom stereocenters. The summed E-state index contributed by atoms with van der Waals surface area (Å²) in [4.78, 5) is 13.1. The second-order valence-electron chi connectivity index (χ2n) is 3.31. The fraction of sp³-hybridized carbons (Fsp3) is 0.778. The number of rotatable bonds is 2. The van der Waals surface area contributed by atoms with Gasteiger partial charge in [0.25, 0.3) is 0 Å². The molecule has 78 valence electrons. The molecule has 0 spiro atoms. The van der Waals surface area contributed by atoms with E-state index in [-0.39, 0.29) is 18.6 Å². The van der Waals surface area contributed by atoms with Gasteiger partial charge in [-0.2, -0.15) is 5.26 Å². The number of carbonyl (C=O) groups is 1. The summed E-state index contributed by atoms with van der Waals surface area (Å²) in [5, 5.41) is 17.4. The highest BCUT2D eigenvalue weighted by Gasteiger charge is 2.26. The third kappa shape index (κ3) is 2.44. The molecule has 5 nitrogen and oxygen atoms in total. The predicted molar refractivity (Wildman–Crippen MR) is 48.2 cm³/mol. The van der Waals surface area contributed by atoms with E-state index in [2.05, 4.69) is 0 Å². The fourth-order valence-electron chi connectivity index (χ4n) is 1.36. The predicted octanol–water partition coefficient (Wildman–Crippen LogP) is -0.634. The molecule has 1 fully saturated rings. The van der Waals surface area contributed by atoms with Gasteiger partial charge in [0.2, 0.25) is 5.91 Å². The molecule has 1 N–H and O–H groups in total. The number of morpholine rings is 1. The van der Waals surface area contributed by atoms with Crippen LogP contribution in [0.25, 0.3) is 0 Å². The minimum atomic E-state index is -0.618. The van der Waals surface area contributed by atoms with Crippen molar-refractivity contribution in [1.29, 1.82) is 5.26 Å². The van der Waals surface area contributed by atoms with Crippen molar-refractivity contribution in [2.75, 3.05) is 26.3 Å². The Hall–Kier alpha value is -1.12. The van der Waals surface area contributed by atoms with Crippen molar-refractivity contribution in [3.63, 3.8) is 0 Å². The number of nitrogens with zero attached hydrogens (tertiary/aromatic N) is 2. The van der Waals surface area contributed by atoms with Crippen LogP contribution in [-0.2, 0) is 9.53 Å². The van der Waals surface area contributed by atoms with Gasteiger partial charge in [0.15, 0.2) is 0 Å². The molecule has 1 saturated heterocycles. The second kappa shape index (κ2) is 4.94. The Labute approximate surface area is 82.9 Å². The molecule has 0 aromatic carbocycles. The van der Waals surface area contributed by atoms with E-state index >= 15 is 0 Å². The van der Waals surface area contributed by atoms with Gasteiger partial charge < -0.3 is 14.7 Å². The number of amides is 1. The van der Waals surface area contributed by atoms with E-state index < -0.39 is 5.92 Å². The van der Waals surface area contributed by atoms with Gasteiger partial charge in [0, 0.05) is 13.1 Å². The lowest BCUT2D eigenvalue weighted by Crippen LogP contribution is -2.48. The van der Waals surface area contributed by atoms with Crippen molar-refractivity contribution in [2.45, 2.75) is 13.0 Å². The molecular formula is C9H14N2O3. The molecule has 1 rings (SSSR count). The van der Waals surface area contributed by atoms with Crippen LogP contribution in [0.15, 0.2) is 0 Å². The fourth-order valence-corrected chi connectivity index (χ4v) is 1.36. The minimum Gasteiger partial charge on any atom is -0.394 e. The van der Waals surface area contributed by atoms with Crippen molar-refractivity contribution < 1.29 is 14.6 Å². The minimum absolute atomic E-state index is 0.0925. The van der Waals surface area contributed by atoms with E-state index in [1.807, 2.05) is 6.07 Å². The van der Waals surface area contributed by atoms with Crippen LogP contribution in [0.5, 0.6) is 0 Å². The van der Waals surface area contributed by atoms with Gasteiger partial charge in [-0.15, -0.1) is 0 Å². The van der Waals surface area contributed by atoms with E-state index in [1.165, 1.54) is 0 Å². The van der Waals surface area contributed by atoms with Crippen LogP contribution in [0.3, 0.4) is 0 Å². The summed E-state index contributed by atoms with van der Waals surface area (Å²) in [6.07, 6.45) is -0.307. The van der Waals surface area contributed by atoms with Crippen molar-refractivity contribution in [3.05, 3.63) is 0 Å². The SMILES string of the molecule is CC(C#N)C(=O)N1CCOC(CO)C1. The summed E-state index contributed by atoms with van der Waals surface area (Å²) in [6.45, 7) is 2.79. The van der Waals surface area contributed by atoms with Crippen LogP contribution >= 0.6 is 0 Å². The summed E-state index contributed by atoms with van der Waals surface area (Å²) < 4.78 is 5.19. The van der Waals surface area contributed by atoms with Gasteiger partial charge in [-0.05, 0) is 6.92 Å². The molecule has 0 aromatic rings. The number of aliphatic hydroxyl groups excluding tert-OH is 1. The molecule has 14 heavy (non-hydrogen) atoms. The molecule has 0 aliphatic carbocycles. The third-order valence-corrected chi connectivity index (χ3v) is 2.22. The lowest BCUT2D eigenvalue weighted by molar-refractivity contribution is -0.142. The monoisotopic (exact) mass is 198 g/mol. The van der Waals surface area contributed by atoms with E-state index in [4.69, 9.17) is 15.1 Å². The number of ether oxygens (including phenoxy) is 1. The summed E-state index contributed by atoms with van der Waals surface area (Å²) in [6, 6.07) is 1.90. The summed E-state index contributed by atoms with van der Waals surface area (Å²) in [5.41, 5.74) is 0. The highest BCUT2D eigenvalue weighted by atomic mass is 16.5. The Morgan fingerprint density at radius 2 is 2.57 bits per heavy atom. The standard InChI is InChI=1S/C9H14N2O3/c1-7(4-10)9(13)11-2-3-14-8(5-11)6-12/h7-8,12H,2-3,5-6H2,1H3. The van der Waals surface area contributed by atoms with Gasteiger partial charge in [-0.3, -0.25) is 4.79 Å². The Bertz CT molecular complexity index is 249. The van der Waals surface area contributed by atoms with Gasteiger partial charge >= 0.3 is 0 Å². The number of nitriles is 1. The van der Waals surface area contributed by atoms with Crippen LogP contribution in [0.4, 0.5) is 0 Å². The maximum Gasteiger partial charge on any atom is 0.239 e. The van der Waals surface area contributed by atoms with Gasteiger partial charge in [0.05, 0.1) is 25.4 Å². The van der Waals surface area contributed by atoms with Crippen molar-refractivity contribution in [3.8, 4) is 6.07 Å². The first-order chi connectivity index (χ1) is 6.69. The summed E-state index contributed by atoms with van der Waals surface area (Å²) in [5.74, 6) is -0.804. The van der Waals surface area contributed by atoms with Crippen LogP contribution < -0.4 is 0 Å². The van der Waals surface area contributed by atoms with Crippen LogP contribution in [0.1, 0.15) is 6.92 Å². The van der Waals surface area contributed by atoms with E-state index in [0.29, 0.717) is 19.7 Å². The lowest BCUT2D eigenvalue weighted by Gasteiger charge is -2.32. The average Bonchev–Trinajstić information content (AvgIpc) is 2.27.